The largest absolute Gasteiger partial charge is 0.368 e. The van der Waals surface area contributed by atoms with Gasteiger partial charge in [0, 0.05) is 66.3 Å². The first-order chi connectivity index (χ1) is 19.3. The molecule has 2 aromatic carbocycles. The molecule has 1 saturated heterocycles. The van der Waals surface area contributed by atoms with Crippen molar-refractivity contribution in [2.75, 3.05) is 31.1 Å². The van der Waals surface area contributed by atoms with Crippen LogP contribution in [-0.2, 0) is 20.8 Å². The molecule has 3 amide bonds. The number of rotatable bonds is 9. The van der Waals surface area contributed by atoms with Crippen LogP contribution < -0.4 is 15.5 Å². The summed E-state index contributed by atoms with van der Waals surface area (Å²) in [5, 5.41) is 6.82. The fourth-order valence-electron chi connectivity index (χ4n) is 4.39. The smallest absolute Gasteiger partial charge is 0.244 e. The van der Waals surface area contributed by atoms with Gasteiger partial charge in [-0.1, -0.05) is 41.4 Å². The first kappa shape index (κ1) is 29.1. The van der Waals surface area contributed by atoms with E-state index in [-0.39, 0.29) is 12.3 Å². The summed E-state index contributed by atoms with van der Waals surface area (Å²) in [6, 6.07) is 18.3. The minimum atomic E-state index is -0.922. The predicted molar refractivity (Wildman–Crippen MR) is 158 cm³/mol. The molecule has 0 saturated carbocycles. The van der Waals surface area contributed by atoms with Crippen LogP contribution in [0.2, 0.25) is 10.0 Å². The van der Waals surface area contributed by atoms with Gasteiger partial charge in [0.15, 0.2) is 0 Å². The highest BCUT2D eigenvalue weighted by atomic mass is 35.5. The van der Waals surface area contributed by atoms with Crippen LogP contribution in [0.25, 0.3) is 6.08 Å². The SMILES string of the molecule is C[C@H](NC(=O)[C@H](Cc1ccccn1)NC(=O)/C=C/c1ccc(Cl)cc1)C(=O)N1CCN(c2ccc(Cl)cc2)CC1. The molecule has 2 N–H and O–H groups in total. The fourth-order valence-corrected chi connectivity index (χ4v) is 4.64. The molecular formula is C30H31Cl2N5O3. The zero-order valence-corrected chi connectivity index (χ0v) is 23.6. The Balaban J connectivity index is 1.35. The van der Waals surface area contributed by atoms with Gasteiger partial charge in [-0.15, -0.1) is 0 Å². The Bertz CT molecular complexity index is 1330. The third kappa shape index (κ3) is 8.31. The Morgan fingerprint density at radius 3 is 2.17 bits per heavy atom. The van der Waals surface area contributed by atoms with Gasteiger partial charge >= 0.3 is 0 Å². The second kappa shape index (κ2) is 14.0. The highest BCUT2D eigenvalue weighted by molar-refractivity contribution is 6.30. The zero-order valence-electron chi connectivity index (χ0n) is 22.1. The van der Waals surface area contributed by atoms with Gasteiger partial charge in [0.2, 0.25) is 17.7 Å². The molecule has 1 fully saturated rings. The lowest BCUT2D eigenvalue weighted by Gasteiger charge is -2.37. The van der Waals surface area contributed by atoms with Crippen LogP contribution in [0.4, 0.5) is 5.69 Å². The monoisotopic (exact) mass is 579 g/mol. The van der Waals surface area contributed by atoms with Crippen molar-refractivity contribution >= 4 is 52.7 Å². The van der Waals surface area contributed by atoms with Crippen molar-refractivity contribution in [3.8, 4) is 0 Å². The van der Waals surface area contributed by atoms with Gasteiger partial charge in [0.05, 0.1) is 0 Å². The van der Waals surface area contributed by atoms with E-state index >= 15 is 0 Å². The van der Waals surface area contributed by atoms with Crippen molar-refractivity contribution in [3.63, 3.8) is 0 Å². The number of carbonyl (C=O) groups excluding carboxylic acids is 3. The molecule has 0 bridgehead atoms. The van der Waals surface area contributed by atoms with E-state index in [2.05, 4.69) is 20.5 Å². The summed E-state index contributed by atoms with van der Waals surface area (Å²) < 4.78 is 0. The van der Waals surface area contributed by atoms with Gasteiger partial charge < -0.3 is 20.4 Å². The molecule has 8 nitrogen and oxygen atoms in total. The van der Waals surface area contributed by atoms with E-state index in [1.165, 1.54) is 6.08 Å². The highest BCUT2D eigenvalue weighted by Crippen LogP contribution is 2.19. The Labute approximate surface area is 244 Å². The summed E-state index contributed by atoms with van der Waals surface area (Å²) in [4.78, 5) is 47.4. The van der Waals surface area contributed by atoms with Crippen molar-refractivity contribution in [1.29, 1.82) is 0 Å². The van der Waals surface area contributed by atoms with Crippen LogP contribution in [0, 0.1) is 0 Å². The van der Waals surface area contributed by atoms with Crippen molar-refractivity contribution in [1.82, 2.24) is 20.5 Å². The Kier molecular flexibility index (Phi) is 10.2. The van der Waals surface area contributed by atoms with Crippen LogP contribution in [0.5, 0.6) is 0 Å². The summed E-state index contributed by atoms with van der Waals surface area (Å²) in [5.41, 5.74) is 2.48. The molecule has 40 heavy (non-hydrogen) atoms. The lowest BCUT2D eigenvalue weighted by atomic mass is 10.1. The Morgan fingerprint density at radius 2 is 1.55 bits per heavy atom. The Morgan fingerprint density at radius 1 is 0.900 bits per heavy atom. The molecule has 0 spiro atoms. The third-order valence-corrected chi connectivity index (χ3v) is 7.09. The second-order valence-electron chi connectivity index (χ2n) is 9.49. The molecule has 1 aromatic heterocycles. The maximum atomic E-state index is 13.3. The highest BCUT2D eigenvalue weighted by Gasteiger charge is 2.29. The van der Waals surface area contributed by atoms with E-state index in [9.17, 15) is 14.4 Å². The summed E-state index contributed by atoms with van der Waals surface area (Å²) in [6.45, 7) is 4.07. The molecule has 2 atom stereocenters. The van der Waals surface area contributed by atoms with E-state index < -0.39 is 23.9 Å². The van der Waals surface area contributed by atoms with Crippen molar-refractivity contribution in [3.05, 3.63) is 100 Å². The number of anilines is 1. The third-order valence-electron chi connectivity index (χ3n) is 6.58. The number of aromatic nitrogens is 1. The summed E-state index contributed by atoms with van der Waals surface area (Å²) in [6.07, 6.45) is 4.80. The van der Waals surface area contributed by atoms with Crippen LogP contribution in [-0.4, -0.2) is 65.9 Å². The molecule has 10 heteroatoms. The van der Waals surface area contributed by atoms with Crippen molar-refractivity contribution in [2.24, 2.45) is 0 Å². The topological polar surface area (TPSA) is 94.6 Å². The Hall–Kier alpha value is -3.88. The van der Waals surface area contributed by atoms with Gasteiger partial charge in [0.1, 0.15) is 12.1 Å². The molecule has 0 unspecified atom stereocenters. The van der Waals surface area contributed by atoms with Crippen molar-refractivity contribution in [2.45, 2.75) is 25.4 Å². The van der Waals surface area contributed by atoms with Gasteiger partial charge in [-0.05, 0) is 67.1 Å². The minimum Gasteiger partial charge on any atom is -0.368 e. The fraction of sp³-hybridized carbons (Fsp3) is 0.267. The lowest BCUT2D eigenvalue weighted by Crippen LogP contribution is -2.57. The van der Waals surface area contributed by atoms with E-state index in [1.807, 2.05) is 30.3 Å². The number of hydrogen-bond donors (Lipinski definition) is 2. The number of amides is 3. The molecule has 0 radical (unpaired) electrons. The van der Waals surface area contributed by atoms with Gasteiger partial charge in [-0.3, -0.25) is 19.4 Å². The molecule has 208 valence electrons. The number of nitrogens with one attached hydrogen (secondary N) is 2. The lowest BCUT2D eigenvalue weighted by molar-refractivity contribution is -0.137. The second-order valence-corrected chi connectivity index (χ2v) is 10.4. The number of nitrogens with zero attached hydrogens (tertiary/aromatic N) is 3. The van der Waals surface area contributed by atoms with Crippen LogP contribution in [0.15, 0.2) is 79.0 Å². The quantitative estimate of drug-likeness (QED) is 0.374. The van der Waals surface area contributed by atoms with E-state index in [4.69, 9.17) is 23.2 Å². The molecule has 2 heterocycles. The number of pyridine rings is 1. The number of benzene rings is 2. The number of carbonyl (C=O) groups is 3. The standard InChI is InChI=1S/C30H31Cl2N5O3/c1-21(30(40)37-18-16-36(17-19-37)26-12-10-24(32)11-13-26)34-29(39)27(20-25-4-2-3-15-33-25)35-28(38)14-7-22-5-8-23(31)9-6-22/h2-15,21,27H,16-20H2,1H3,(H,34,39)(H,35,38)/b14-7+/t21-,27-/m0/s1. The average molecular weight is 581 g/mol. The molecule has 3 aromatic rings. The van der Waals surface area contributed by atoms with E-state index in [0.29, 0.717) is 41.9 Å². The van der Waals surface area contributed by atoms with Crippen LogP contribution >= 0.6 is 23.2 Å². The van der Waals surface area contributed by atoms with Gasteiger partial charge in [0.25, 0.3) is 0 Å². The number of hydrogen-bond acceptors (Lipinski definition) is 5. The van der Waals surface area contributed by atoms with Crippen molar-refractivity contribution < 1.29 is 14.4 Å². The minimum absolute atomic E-state index is 0.172. The predicted octanol–water partition coefficient (Wildman–Crippen LogP) is 3.98. The zero-order chi connectivity index (χ0) is 28.5. The molecule has 1 aliphatic heterocycles. The maximum absolute atomic E-state index is 13.3. The van der Waals surface area contributed by atoms with E-state index in [1.54, 1.807) is 60.5 Å². The van der Waals surface area contributed by atoms with Gasteiger partial charge in [-0.25, -0.2) is 0 Å². The molecule has 4 rings (SSSR count). The molecule has 0 aliphatic carbocycles. The summed E-state index contributed by atoms with van der Waals surface area (Å²) in [7, 11) is 0. The first-order valence-electron chi connectivity index (χ1n) is 13.0. The number of halogens is 2. The number of piperazine rings is 1. The van der Waals surface area contributed by atoms with Crippen LogP contribution in [0.3, 0.4) is 0 Å². The van der Waals surface area contributed by atoms with Gasteiger partial charge in [-0.2, -0.15) is 0 Å². The first-order valence-corrected chi connectivity index (χ1v) is 13.8. The molecule has 1 aliphatic rings. The normalized spacial score (nSPS) is 15.0. The average Bonchev–Trinajstić information content (AvgIpc) is 2.97. The van der Waals surface area contributed by atoms with E-state index in [0.717, 1.165) is 11.3 Å². The van der Waals surface area contributed by atoms with Crippen LogP contribution in [0.1, 0.15) is 18.2 Å². The molecular weight excluding hydrogens is 549 g/mol. The maximum Gasteiger partial charge on any atom is 0.244 e. The summed E-state index contributed by atoms with van der Waals surface area (Å²) >= 11 is 11.9. The summed E-state index contributed by atoms with van der Waals surface area (Å²) in [5.74, 6) is -1.07.